The Morgan fingerprint density at radius 1 is 1.00 bits per heavy atom. The lowest BCUT2D eigenvalue weighted by molar-refractivity contribution is 1.41. The lowest BCUT2D eigenvalue weighted by Gasteiger charge is -2.13. The molecule has 0 heterocycles. The summed E-state index contributed by atoms with van der Waals surface area (Å²) in [5.41, 5.74) is 3.22. The maximum Gasteiger partial charge on any atom is 0.0719 e. The van der Waals surface area contributed by atoms with Crippen LogP contribution >= 0.6 is 15.9 Å². The number of benzene rings is 1. The summed E-state index contributed by atoms with van der Waals surface area (Å²) in [6.07, 6.45) is 0. The number of nitrogens with one attached hydrogen (secondary N) is 3. The molecule has 1 aromatic rings. The summed E-state index contributed by atoms with van der Waals surface area (Å²) in [4.78, 5) is 0. The van der Waals surface area contributed by atoms with Crippen molar-refractivity contribution in [1.82, 2.24) is 0 Å². The van der Waals surface area contributed by atoms with E-state index >= 15 is 0 Å². The maximum atomic E-state index is 3.50. The van der Waals surface area contributed by atoms with Crippen molar-refractivity contribution in [2.45, 2.75) is 0 Å². The summed E-state index contributed by atoms with van der Waals surface area (Å²) in [6.45, 7) is 0. The highest BCUT2D eigenvalue weighted by molar-refractivity contribution is 9.10. The highest BCUT2D eigenvalue weighted by Crippen LogP contribution is 2.33. The molecule has 0 fully saturated rings. The first-order chi connectivity index (χ1) is 6.22. The van der Waals surface area contributed by atoms with E-state index in [1.54, 1.807) is 0 Å². The molecule has 0 unspecified atom stereocenters. The van der Waals surface area contributed by atoms with E-state index in [0.717, 1.165) is 21.5 Å². The van der Waals surface area contributed by atoms with Gasteiger partial charge >= 0.3 is 0 Å². The standard InChI is InChI=1S/C9H14BrN3/c1-11-6-4-7(10)9(13-3)8(5-6)12-2/h4-5,11-13H,1-3H3. The predicted octanol–water partition coefficient (Wildman–Crippen LogP) is 2.57. The minimum Gasteiger partial charge on any atom is -0.388 e. The van der Waals surface area contributed by atoms with Crippen LogP contribution in [0.3, 0.4) is 0 Å². The molecule has 0 saturated heterocycles. The van der Waals surface area contributed by atoms with Gasteiger partial charge in [-0.05, 0) is 28.1 Å². The summed E-state index contributed by atoms with van der Waals surface area (Å²) < 4.78 is 1.05. The molecule has 0 atom stereocenters. The molecule has 72 valence electrons. The van der Waals surface area contributed by atoms with Crippen molar-refractivity contribution >= 4 is 33.0 Å². The Hall–Kier alpha value is -0.900. The van der Waals surface area contributed by atoms with Gasteiger partial charge in [-0.15, -0.1) is 0 Å². The topological polar surface area (TPSA) is 36.1 Å². The van der Waals surface area contributed by atoms with E-state index in [-0.39, 0.29) is 0 Å². The second-order valence-electron chi connectivity index (χ2n) is 2.63. The van der Waals surface area contributed by atoms with E-state index in [1.807, 2.05) is 27.2 Å². The van der Waals surface area contributed by atoms with Gasteiger partial charge in [0.15, 0.2) is 0 Å². The van der Waals surface area contributed by atoms with Crippen LogP contribution in [0.25, 0.3) is 0 Å². The molecule has 0 bridgehead atoms. The lowest BCUT2D eigenvalue weighted by atomic mass is 10.2. The zero-order chi connectivity index (χ0) is 9.84. The van der Waals surface area contributed by atoms with Crippen molar-refractivity contribution in [1.29, 1.82) is 0 Å². The number of hydrogen-bond donors (Lipinski definition) is 3. The third kappa shape index (κ3) is 2.06. The Labute approximate surface area is 87.0 Å². The number of hydrogen-bond acceptors (Lipinski definition) is 3. The average Bonchev–Trinajstić information content (AvgIpc) is 2.16. The van der Waals surface area contributed by atoms with E-state index in [2.05, 4.69) is 37.9 Å². The third-order valence-electron chi connectivity index (χ3n) is 1.90. The van der Waals surface area contributed by atoms with Crippen molar-refractivity contribution in [3.8, 4) is 0 Å². The van der Waals surface area contributed by atoms with Crippen molar-refractivity contribution < 1.29 is 0 Å². The highest BCUT2D eigenvalue weighted by atomic mass is 79.9. The van der Waals surface area contributed by atoms with Gasteiger partial charge in [0.1, 0.15) is 0 Å². The minimum absolute atomic E-state index is 1.05. The van der Waals surface area contributed by atoms with Crippen LogP contribution in [-0.2, 0) is 0 Å². The van der Waals surface area contributed by atoms with Crippen LogP contribution in [0.15, 0.2) is 16.6 Å². The molecule has 0 radical (unpaired) electrons. The first-order valence-electron chi connectivity index (χ1n) is 4.09. The molecule has 13 heavy (non-hydrogen) atoms. The molecule has 3 N–H and O–H groups in total. The van der Waals surface area contributed by atoms with Gasteiger partial charge in [0, 0.05) is 31.3 Å². The zero-order valence-electron chi connectivity index (χ0n) is 8.03. The van der Waals surface area contributed by atoms with Crippen LogP contribution in [0.2, 0.25) is 0 Å². The van der Waals surface area contributed by atoms with Crippen molar-refractivity contribution in [2.24, 2.45) is 0 Å². The van der Waals surface area contributed by atoms with Crippen LogP contribution in [0.5, 0.6) is 0 Å². The Kier molecular flexibility index (Phi) is 3.42. The molecule has 0 amide bonds. The van der Waals surface area contributed by atoms with Crippen LogP contribution in [0.4, 0.5) is 17.1 Å². The first kappa shape index (κ1) is 10.2. The van der Waals surface area contributed by atoms with E-state index in [9.17, 15) is 0 Å². The fourth-order valence-corrected chi connectivity index (χ4v) is 1.86. The van der Waals surface area contributed by atoms with Gasteiger partial charge in [0.2, 0.25) is 0 Å². The molecule has 0 aliphatic carbocycles. The van der Waals surface area contributed by atoms with E-state index < -0.39 is 0 Å². The molecule has 1 aromatic carbocycles. The predicted molar refractivity (Wildman–Crippen MR) is 62.8 cm³/mol. The summed E-state index contributed by atoms with van der Waals surface area (Å²) >= 11 is 3.50. The zero-order valence-corrected chi connectivity index (χ0v) is 9.62. The molecule has 0 saturated carbocycles. The van der Waals surface area contributed by atoms with E-state index in [4.69, 9.17) is 0 Å². The molecular weight excluding hydrogens is 230 g/mol. The molecule has 3 nitrogen and oxygen atoms in total. The Morgan fingerprint density at radius 2 is 1.69 bits per heavy atom. The van der Waals surface area contributed by atoms with Gasteiger partial charge in [-0.1, -0.05) is 0 Å². The molecule has 4 heteroatoms. The van der Waals surface area contributed by atoms with Gasteiger partial charge in [-0.2, -0.15) is 0 Å². The molecule has 0 aliphatic heterocycles. The molecule has 1 rings (SSSR count). The number of anilines is 3. The lowest BCUT2D eigenvalue weighted by Crippen LogP contribution is -1.99. The SMILES string of the molecule is CNc1cc(Br)c(NC)c(NC)c1. The van der Waals surface area contributed by atoms with Crippen molar-refractivity contribution in [3.63, 3.8) is 0 Å². The first-order valence-corrected chi connectivity index (χ1v) is 4.89. The fourth-order valence-electron chi connectivity index (χ4n) is 1.20. The van der Waals surface area contributed by atoms with Crippen LogP contribution in [0.1, 0.15) is 0 Å². The van der Waals surface area contributed by atoms with Gasteiger partial charge in [0.25, 0.3) is 0 Å². The Bertz CT molecular complexity index is 299. The maximum absolute atomic E-state index is 3.50. The van der Waals surface area contributed by atoms with Crippen LogP contribution in [-0.4, -0.2) is 21.1 Å². The summed E-state index contributed by atoms with van der Waals surface area (Å²) in [5, 5.41) is 9.35. The van der Waals surface area contributed by atoms with Crippen molar-refractivity contribution in [2.75, 3.05) is 37.1 Å². The van der Waals surface area contributed by atoms with Crippen LogP contribution < -0.4 is 16.0 Å². The quantitative estimate of drug-likeness (QED) is 0.764. The molecule has 0 aliphatic rings. The Balaban J connectivity index is 3.20. The molecular formula is C9H14BrN3. The smallest absolute Gasteiger partial charge is 0.0719 e. The molecule has 0 aromatic heterocycles. The second-order valence-corrected chi connectivity index (χ2v) is 3.48. The minimum atomic E-state index is 1.05. The normalized spacial score (nSPS) is 9.54. The average molecular weight is 244 g/mol. The van der Waals surface area contributed by atoms with E-state index in [1.165, 1.54) is 0 Å². The monoisotopic (exact) mass is 243 g/mol. The number of halogens is 1. The fraction of sp³-hybridized carbons (Fsp3) is 0.333. The highest BCUT2D eigenvalue weighted by Gasteiger charge is 2.05. The molecule has 0 spiro atoms. The summed E-state index contributed by atoms with van der Waals surface area (Å²) in [6, 6.07) is 4.09. The van der Waals surface area contributed by atoms with E-state index in [0.29, 0.717) is 0 Å². The summed E-state index contributed by atoms with van der Waals surface area (Å²) in [5.74, 6) is 0. The van der Waals surface area contributed by atoms with Crippen molar-refractivity contribution in [3.05, 3.63) is 16.6 Å². The second kappa shape index (κ2) is 4.37. The largest absolute Gasteiger partial charge is 0.388 e. The third-order valence-corrected chi connectivity index (χ3v) is 2.52. The Morgan fingerprint density at radius 3 is 2.15 bits per heavy atom. The van der Waals surface area contributed by atoms with Gasteiger partial charge in [0.05, 0.1) is 11.4 Å². The van der Waals surface area contributed by atoms with Crippen LogP contribution in [0, 0.1) is 0 Å². The van der Waals surface area contributed by atoms with Gasteiger partial charge < -0.3 is 16.0 Å². The summed E-state index contributed by atoms with van der Waals surface area (Å²) in [7, 11) is 5.71. The van der Waals surface area contributed by atoms with Gasteiger partial charge in [-0.3, -0.25) is 0 Å². The number of rotatable bonds is 3. The van der Waals surface area contributed by atoms with Gasteiger partial charge in [-0.25, -0.2) is 0 Å².